The Hall–Kier alpha value is -2.02. The van der Waals surface area contributed by atoms with Crippen molar-refractivity contribution in [2.24, 2.45) is 5.92 Å². The molecule has 0 aliphatic heterocycles. The second kappa shape index (κ2) is 6.62. The first-order valence-corrected chi connectivity index (χ1v) is 6.63. The summed E-state index contributed by atoms with van der Waals surface area (Å²) in [6, 6.07) is 2.73. The van der Waals surface area contributed by atoms with E-state index in [0.29, 0.717) is 6.07 Å². The minimum Gasteiger partial charge on any atom is -0.388 e. The average molecular weight is 298 g/mol. The van der Waals surface area contributed by atoms with Crippen LogP contribution in [0.2, 0.25) is 0 Å². The molecule has 1 amide bonds. The maximum atomic E-state index is 13.0. The summed E-state index contributed by atoms with van der Waals surface area (Å²) >= 11 is 0. The number of carbonyl (C=O) groups is 1. The molecule has 7 heteroatoms. The van der Waals surface area contributed by atoms with Crippen LogP contribution in [0, 0.1) is 21.8 Å². The lowest BCUT2D eigenvalue weighted by molar-refractivity contribution is -0.385. The smallest absolute Gasteiger partial charge is 0.285 e. The Balaban J connectivity index is 2.89. The number of nitrogens with one attached hydrogen (secondary N) is 1. The van der Waals surface area contributed by atoms with Crippen molar-refractivity contribution in [3.63, 3.8) is 0 Å². The SMILES string of the molecule is CCC(C)C(C)(O)CNC(=O)c1ccc(F)cc1[N+](=O)[O-]. The van der Waals surface area contributed by atoms with Gasteiger partial charge in [-0.3, -0.25) is 14.9 Å². The minimum atomic E-state index is -1.13. The molecular weight excluding hydrogens is 279 g/mol. The number of hydrogen-bond donors (Lipinski definition) is 2. The number of carbonyl (C=O) groups excluding carboxylic acids is 1. The van der Waals surface area contributed by atoms with E-state index in [9.17, 15) is 24.4 Å². The Morgan fingerprint density at radius 2 is 2.19 bits per heavy atom. The summed E-state index contributed by atoms with van der Waals surface area (Å²) in [7, 11) is 0. The van der Waals surface area contributed by atoms with Crippen molar-refractivity contribution in [3.8, 4) is 0 Å². The van der Waals surface area contributed by atoms with Crippen LogP contribution >= 0.6 is 0 Å². The Morgan fingerprint density at radius 1 is 1.57 bits per heavy atom. The van der Waals surface area contributed by atoms with E-state index in [1.54, 1.807) is 6.92 Å². The molecule has 0 aromatic heterocycles. The second-order valence-corrected chi connectivity index (χ2v) is 5.27. The quantitative estimate of drug-likeness (QED) is 0.622. The van der Waals surface area contributed by atoms with Gasteiger partial charge in [0.1, 0.15) is 11.4 Å². The Labute approximate surface area is 122 Å². The van der Waals surface area contributed by atoms with Crippen molar-refractivity contribution in [3.05, 3.63) is 39.7 Å². The number of nitro groups is 1. The van der Waals surface area contributed by atoms with Crippen molar-refractivity contribution < 1.29 is 19.2 Å². The highest BCUT2D eigenvalue weighted by Crippen LogP contribution is 2.21. The average Bonchev–Trinajstić information content (AvgIpc) is 2.43. The van der Waals surface area contributed by atoms with E-state index >= 15 is 0 Å². The lowest BCUT2D eigenvalue weighted by atomic mass is 9.88. The molecule has 0 aliphatic rings. The normalized spacial score (nSPS) is 15.1. The van der Waals surface area contributed by atoms with Crippen LogP contribution in [-0.2, 0) is 0 Å². The number of aliphatic hydroxyl groups is 1. The molecule has 1 aromatic rings. The number of benzene rings is 1. The van der Waals surface area contributed by atoms with Gasteiger partial charge < -0.3 is 10.4 Å². The van der Waals surface area contributed by atoms with Gasteiger partial charge in [-0.05, 0) is 25.0 Å². The fraction of sp³-hybridized carbons (Fsp3) is 0.500. The summed E-state index contributed by atoms with van der Waals surface area (Å²) in [5.41, 5.74) is -1.96. The maximum Gasteiger partial charge on any atom is 0.285 e. The summed E-state index contributed by atoms with van der Waals surface area (Å²) < 4.78 is 13.0. The third-order valence-corrected chi connectivity index (χ3v) is 3.68. The van der Waals surface area contributed by atoms with Crippen LogP contribution in [0.25, 0.3) is 0 Å². The molecule has 116 valence electrons. The van der Waals surface area contributed by atoms with Gasteiger partial charge in [0.05, 0.1) is 16.6 Å². The highest BCUT2D eigenvalue weighted by molar-refractivity contribution is 5.98. The highest BCUT2D eigenvalue weighted by Gasteiger charge is 2.29. The zero-order valence-electron chi connectivity index (χ0n) is 12.2. The van der Waals surface area contributed by atoms with Gasteiger partial charge >= 0.3 is 0 Å². The second-order valence-electron chi connectivity index (χ2n) is 5.27. The molecule has 0 bridgehead atoms. The van der Waals surface area contributed by atoms with E-state index in [4.69, 9.17) is 0 Å². The number of halogens is 1. The van der Waals surface area contributed by atoms with Crippen LogP contribution in [0.5, 0.6) is 0 Å². The molecule has 0 saturated carbocycles. The summed E-state index contributed by atoms with van der Waals surface area (Å²) in [6.45, 7) is 5.29. The fourth-order valence-electron chi connectivity index (χ4n) is 1.82. The lowest BCUT2D eigenvalue weighted by Crippen LogP contribution is -2.45. The molecular formula is C14H19FN2O4. The van der Waals surface area contributed by atoms with Gasteiger partial charge in [0, 0.05) is 6.54 Å². The van der Waals surface area contributed by atoms with E-state index in [0.717, 1.165) is 18.6 Å². The Morgan fingerprint density at radius 3 is 2.71 bits per heavy atom. The molecule has 6 nitrogen and oxygen atoms in total. The van der Waals surface area contributed by atoms with Crippen molar-refractivity contribution >= 4 is 11.6 Å². The van der Waals surface area contributed by atoms with Gasteiger partial charge in [-0.2, -0.15) is 0 Å². The van der Waals surface area contributed by atoms with Crippen LogP contribution in [0.3, 0.4) is 0 Å². The Bertz CT molecular complexity index is 546. The minimum absolute atomic E-state index is 0.0463. The largest absolute Gasteiger partial charge is 0.388 e. The molecule has 0 saturated heterocycles. The van der Waals surface area contributed by atoms with Gasteiger partial charge in [-0.25, -0.2) is 4.39 Å². The monoisotopic (exact) mass is 298 g/mol. The first-order chi connectivity index (χ1) is 9.69. The molecule has 21 heavy (non-hydrogen) atoms. The number of nitro benzene ring substituents is 1. The molecule has 2 unspecified atom stereocenters. The fourth-order valence-corrected chi connectivity index (χ4v) is 1.82. The zero-order valence-corrected chi connectivity index (χ0v) is 12.2. The summed E-state index contributed by atoms with van der Waals surface area (Å²) in [4.78, 5) is 22.0. The topological polar surface area (TPSA) is 92.5 Å². The van der Waals surface area contributed by atoms with E-state index in [1.807, 2.05) is 13.8 Å². The van der Waals surface area contributed by atoms with Gasteiger partial charge in [0.2, 0.25) is 0 Å². The van der Waals surface area contributed by atoms with E-state index < -0.39 is 27.9 Å². The predicted octanol–water partition coefficient (Wildman–Crippen LogP) is 2.26. The van der Waals surface area contributed by atoms with Crippen molar-refractivity contribution in [2.75, 3.05) is 6.54 Å². The molecule has 0 radical (unpaired) electrons. The van der Waals surface area contributed by atoms with Crippen molar-refractivity contribution in [1.29, 1.82) is 0 Å². The number of amides is 1. The van der Waals surface area contributed by atoms with Crippen LogP contribution in [0.4, 0.5) is 10.1 Å². The van der Waals surface area contributed by atoms with Crippen LogP contribution in [-0.4, -0.2) is 28.1 Å². The molecule has 1 rings (SSSR count). The van der Waals surface area contributed by atoms with E-state index in [-0.39, 0.29) is 18.0 Å². The molecule has 0 fully saturated rings. The van der Waals surface area contributed by atoms with Crippen LogP contribution in [0.1, 0.15) is 37.6 Å². The molecule has 2 atom stereocenters. The van der Waals surface area contributed by atoms with Crippen molar-refractivity contribution in [1.82, 2.24) is 5.32 Å². The zero-order chi connectivity index (χ0) is 16.2. The van der Waals surface area contributed by atoms with Gasteiger partial charge in [0.15, 0.2) is 0 Å². The number of hydrogen-bond acceptors (Lipinski definition) is 4. The van der Waals surface area contributed by atoms with Gasteiger partial charge in [-0.1, -0.05) is 20.3 Å². The molecule has 1 aromatic carbocycles. The third kappa shape index (κ3) is 4.22. The van der Waals surface area contributed by atoms with Gasteiger partial charge in [-0.15, -0.1) is 0 Å². The first kappa shape index (κ1) is 17.0. The maximum absolute atomic E-state index is 13.0. The van der Waals surface area contributed by atoms with Crippen LogP contribution < -0.4 is 5.32 Å². The number of rotatable bonds is 6. The summed E-state index contributed by atoms with van der Waals surface area (Å²) in [5.74, 6) is -1.56. The standard InChI is InChI=1S/C14H19FN2O4/c1-4-9(2)14(3,19)8-16-13(18)11-6-5-10(15)7-12(11)17(20)21/h5-7,9,19H,4,8H2,1-3H3,(H,16,18). The number of nitrogens with zero attached hydrogens (tertiary/aromatic N) is 1. The Kier molecular flexibility index (Phi) is 5.37. The first-order valence-electron chi connectivity index (χ1n) is 6.63. The third-order valence-electron chi connectivity index (χ3n) is 3.68. The highest BCUT2D eigenvalue weighted by atomic mass is 19.1. The van der Waals surface area contributed by atoms with E-state index in [1.165, 1.54) is 0 Å². The molecule has 2 N–H and O–H groups in total. The van der Waals surface area contributed by atoms with Crippen LogP contribution in [0.15, 0.2) is 18.2 Å². The van der Waals surface area contributed by atoms with Gasteiger partial charge in [0.25, 0.3) is 11.6 Å². The molecule has 0 heterocycles. The summed E-state index contributed by atoms with van der Waals surface area (Å²) in [6.07, 6.45) is 0.722. The summed E-state index contributed by atoms with van der Waals surface area (Å²) in [5, 5.41) is 23.5. The van der Waals surface area contributed by atoms with Crippen molar-refractivity contribution in [2.45, 2.75) is 32.8 Å². The predicted molar refractivity (Wildman–Crippen MR) is 75.5 cm³/mol. The lowest BCUT2D eigenvalue weighted by Gasteiger charge is -2.29. The van der Waals surface area contributed by atoms with E-state index in [2.05, 4.69) is 5.32 Å². The molecule has 0 aliphatic carbocycles. The molecule has 0 spiro atoms.